The van der Waals surface area contributed by atoms with E-state index in [1.807, 2.05) is 0 Å². The van der Waals surface area contributed by atoms with E-state index in [4.69, 9.17) is 4.74 Å². The number of H-pyrrole nitrogens is 1. The molecule has 3 heterocycles. The van der Waals surface area contributed by atoms with Gasteiger partial charge in [-0.05, 0) is 50.7 Å². The van der Waals surface area contributed by atoms with Crippen LogP contribution in [0.25, 0.3) is 22.3 Å². The molecule has 2 atom stereocenters. The molecule has 2 fully saturated rings. The number of hydrogen-bond donors (Lipinski definition) is 2. The van der Waals surface area contributed by atoms with Crippen molar-refractivity contribution in [1.82, 2.24) is 25.2 Å². The Morgan fingerprint density at radius 1 is 1.22 bits per heavy atom. The zero-order valence-corrected chi connectivity index (χ0v) is 20.5. The number of rotatable bonds is 6. The van der Waals surface area contributed by atoms with Crippen LogP contribution in [0.15, 0.2) is 18.5 Å². The number of aryl methyl sites for hydroxylation is 2. The van der Waals surface area contributed by atoms with Crippen LogP contribution >= 0.6 is 0 Å². The molecule has 0 spiro atoms. The highest BCUT2D eigenvalue weighted by atomic mass is 19.1. The van der Waals surface area contributed by atoms with Crippen LogP contribution in [-0.4, -0.2) is 63.6 Å². The number of halogens is 2. The first-order valence-electron chi connectivity index (χ1n) is 12.2. The summed E-state index contributed by atoms with van der Waals surface area (Å²) in [5, 5.41) is 2.76. The second-order valence-corrected chi connectivity index (χ2v) is 9.74. The molecule has 2 aromatic heterocycles. The number of alkyl halides is 1. The molecule has 10 heteroatoms. The number of nitrogens with zero attached hydrogens (tertiary/aromatic N) is 3. The Hall–Kier alpha value is -3.56. The average Bonchev–Trinajstić information content (AvgIpc) is 3.60. The number of carbonyl (C=O) groups is 2. The molecule has 2 N–H and O–H groups in total. The largest absolute Gasteiger partial charge is 0.492 e. The summed E-state index contributed by atoms with van der Waals surface area (Å²) in [7, 11) is 0. The second-order valence-electron chi connectivity index (χ2n) is 9.74. The predicted octanol–water partition coefficient (Wildman–Crippen LogP) is 3.86. The SMILES string of the molecule is CC(=O)N1CC[C@H](NC(=O)c2c(C)[nH]c3c(-c4c(OCC5CC5)ccc(C)c4F)ncnc23)[C@H](F)C1. The Labute approximate surface area is 207 Å². The lowest BCUT2D eigenvalue weighted by Crippen LogP contribution is -2.53. The molecular formula is C26H29F2N5O3. The van der Waals surface area contributed by atoms with Crippen LogP contribution in [0.1, 0.15) is 47.8 Å². The summed E-state index contributed by atoms with van der Waals surface area (Å²) in [6, 6.07) is 2.68. The normalized spacial score (nSPS) is 20.0. The van der Waals surface area contributed by atoms with Gasteiger partial charge in [-0.3, -0.25) is 9.59 Å². The van der Waals surface area contributed by atoms with E-state index in [1.54, 1.807) is 26.0 Å². The van der Waals surface area contributed by atoms with E-state index < -0.39 is 23.9 Å². The Morgan fingerprint density at radius 2 is 2.00 bits per heavy atom. The van der Waals surface area contributed by atoms with Crippen LogP contribution in [0, 0.1) is 25.6 Å². The van der Waals surface area contributed by atoms with Gasteiger partial charge in [0, 0.05) is 19.2 Å². The van der Waals surface area contributed by atoms with Gasteiger partial charge in [-0.2, -0.15) is 0 Å². The number of benzene rings is 1. The number of piperidine rings is 1. The standard InChI is InChI=1S/C26H29F2N5O3/c1-13-4-7-19(36-11-16-5-6-16)21(22(13)28)24-25-23(29-12-30-24)20(14(2)31-25)26(35)32-18-8-9-33(15(3)34)10-17(18)27/h4,7,12,16-18,31H,5-6,8-11H2,1-3H3,(H,32,35)/t17-,18+/m1/s1. The highest BCUT2D eigenvalue weighted by molar-refractivity contribution is 6.09. The molecule has 5 rings (SSSR count). The monoisotopic (exact) mass is 497 g/mol. The summed E-state index contributed by atoms with van der Waals surface area (Å²) in [4.78, 5) is 38.1. The lowest BCUT2D eigenvalue weighted by Gasteiger charge is -2.34. The van der Waals surface area contributed by atoms with Crippen molar-refractivity contribution in [3.63, 3.8) is 0 Å². The summed E-state index contributed by atoms with van der Waals surface area (Å²) >= 11 is 0. The van der Waals surface area contributed by atoms with Crippen LogP contribution in [-0.2, 0) is 4.79 Å². The molecule has 2 aliphatic rings. The molecule has 190 valence electrons. The number of aromatic amines is 1. The van der Waals surface area contributed by atoms with Gasteiger partial charge in [0.15, 0.2) is 0 Å². The molecular weight excluding hydrogens is 468 g/mol. The molecule has 36 heavy (non-hydrogen) atoms. The van der Waals surface area contributed by atoms with Crippen LogP contribution in [0.5, 0.6) is 5.75 Å². The number of hydrogen-bond acceptors (Lipinski definition) is 5. The van der Waals surface area contributed by atoms with E-state index in [2.05, 4.69) is 20.3 Å². The first kappa shape index (κ1) is 24.1. The molecule has 1 aliphatic heterocycles. The number of carbonyl (C=O) groups excluding carboxylic acids is 2. The topological polar surface area (TPSA) is 100 Å². The first-order chi connectivity index (χ1) is 17.2. The second kappa shape index (κ2) is 9.48. The highest BCUT2D eigenvalue weighted by Gasteiger charge is 2.33. The minimum absolute atomic E-state index is 0.0598. The van der Waals surface area contributed by atoms with E-state index in [9.17, 15) is 14.0 Å². The van der Waals surface area contributed by atoms with Crippen molar-refractivity contribution in [2.75, 3.05) is 19.7 Å². The average molecular weight is 498 g/mol. The smallest absolute Gasteiger partial charge is 0.255 e. The summed E-state index contributed by atoms with van der Waals surface area (Å²) in [5.41, 5.74) is 2.45. The number of likely N-dealkylation sites (tertiary alicyclic amines) is 1. The highest BCUT2D eigenvalue weighted by Crippen LogP contribution is 2.39. The molecule has 0 bridgehead atoms. The predicted molar refractivity (Wildman–Crippen MR) is 130 cm³/mol. The van der Waals surface area contributed by atoms with Crippen LogP contribution in [0.4, 0.5) is 8.78 Å². The number of aromatic nitrogens is 3. The third-order valence-electron chi connectivity index (χ3n) is 7.01. The van der Waals surface area contributed by atoms with Crippen molar-refractivity contribution in [3.8, 4) is 17.0 Å². The van der Waals surface area contributed by atoms with Crippen LogP contribution in [0.3, 0.4) is 0 Å². The quantitative estimate of drug-likeness (QED) is 0.539. The maximum Gasteiger partial charge on any atom is 0.255 e. The summed E-state index contributed by atoms with van der Waals surface area (Å²) in [6.07, 6.45) is 2.42. The van der Waals surface area contributed by atoms with Crippen molar-refractivity contribution in [2.24, 2.45) is 5.92 Å². The van der Waals surface area contributed by atoms with Gasteiger partial charge in [-0.25, -0.2) is 18.7 Å². The third-order valence-corrected chi connectivity index (χ3v) is 7.01. The van der Waals surface area contributed by atoms with E-state index in [1.165, 1.54) is 18.2 Å². The molecule has 1 saturated carbocycles. The van der Waals surface area contributed by atoms with Gasteiger partial charge in [-0.15, -0.1) is 0 Å². The number of amides is 2. The molecule has 3 aromatic rings. The van der Waals surface area contributed by atoms with Crippen molar-refractivity contribution in [2.45, 2.75) is 52.2 Å². The van der Waals surface area contributed by atoms with Gasteiger partial charge >= 0.3 is 0 Å². The third kappa shape index (κ3) is 4.52. The molecule has 0 unspecified atom stereocenters. The van der Waals surface area contributed by atoms with E-state index in [0.29, 0.717) is 59.2 Å². The Balaban J connectivity index is 1.48. The maximum atomic E-state index is 15.4. The van der Waals surface area contributed by atoms with E-state index >= 15 is 4.39 Å². The summed E-state index contributed by atoms with van der Waals surface area (Å²) < 4.78 is 36.1. The van der Waals surface area contributed by atoms with Gasteiger partial charge in [0.25, 0.3) is 5.91 Å². The minimum atomic E-state index is -1.38. The first-order valence-corrected chi connectivity index (χ1v) is 12.2. The fraction of sp³-hybridized carbons (Fsp3) is 0.462. The number of fused-ring (bicyclic) bond motifs is 1. The molecule has 8 nitrogen and oxygen atoms in total. The summed E-state index contributed by atoms with van der Waals surface area (Å²) in [6.45, 7) is 5.60. The maximum absolute atomic E-state index is 15.4. The Morgan fingerprint density at radius 3 is 2.69 bits per heavy atom. The van der Waals surface area contributed by atoms with Gasteiger partial charge < -0.3 is 19.9 Å². The zero-order chi connectivity index (χ0) is 25.6. The lowest BCUT2D eigenvalue weighted by molar-refractivity contribution is -0.131. The van der Waals surface area contributed by atoms with Crippen molar-refractivity contribution >= 4 is 22.8 Å². The fourth-order valence-electron chi connectivity index (χ4n) is 4.68. The Kier molecular flexibility index (Phi) is 6.36. The molecule has 2 amide bonds. The lowest BCUT2D eigenvalue weighted by atomic mass is 10.0. The van der Waals surface area contributed by atoms with Crippen LogP contribution in [0.2, 0.25) is 0 Å². The number of nitrogens with one attached hydrogen (secondary N) is 2. The molecule has 0 radical (unpaired) electrons. The van der Waals surface area contributed by atoms with Gasteiger partial charge in [0.05, 0.1) is 35.8 Å². The number of ether oxygens (including phenoxy) is 1. The fourth-order valence-corrected chi connectivity index (χ4v) is 4.68. The van der Waals surface area contributed by atoms with Crippen molar-refractivity contribution < 1.29 is 23.1 Å². The van der Waals surface area contributed by atoms with E-state index in [0.717, 1.165) is 12.8 Å². The molecule has 1 saturated heterocycles. The van der Waals surface area contributed by atoms with Gasteiger partial charge in [-0.1, -0.05) is 6.07 Å². The van der Waals surface area contributed by atoms with Crippen molar-refractivity contribution in [3.05, 3.63) is 41.1 Å². The van der Waals surface area contributed by atoms with Crippen LogP contribution < -0.4 is 10.1 Å². The summed E-state index contributed by atoms with van der Waals surface area (Å²) in [5.74, 6) is -0.248. The molecule has 1 aliphatic carbocycles. The van der Waals surface area contributed by atoms with E-state index in [-0.39, 0.29) is 23.6 Å². The van der Waals surface area contributed by atoms with Gasteiger partial charge in [0.1, 0.15) is 35.3 Å². The molecule has 1 aromatic carbocycles. The van der Waals surface area contributed by atoms with Gasteiger partial charge in [0.2, 0.25) is 5.91 Å². The van der Waals surface area contributed by atoms with Crippen molar-refractivity contribution in [1.29, 1.82) is 0 Å². The minimum Gasteiger partial charge on any atom is -0.492 e. The zero-order valence-electron chi connectivity index (χ0n) is 20.5. The Bertz CT molecular complexity index is 1340.